The summed E-state index contributed by atoms with van der Waals surface area (Å²) in [5.74, 6) is 0.995. The number of halogens is 1. The number of allylic oxidation sites excluding steroid dienone is 1. The van der Waals surface area contributed by atoms with Gasteiger partial charge in [-0.2, -0.15) is 0 Å². The Labute approximate surface area is 209 Å². The van der Waals surface area contributed by atoms with Gasteiger partial charge in [-0.15, -0.1) is 0 Å². The Bertz CT molecular complexity index is 1460. The maximum Gasteiger partial charge on any atom is 0.274 e. The Morgan fingerprint density at radius 2 is 1.94 bits per heavy atom. The zero-order valence-corrected chi connectivity index (χ0v) is 20.8. The normalized spacial score (nSPS) is 14.1. The van der Waals surface area contributed by atoms with Crippen molar-refractivity contribution in [2.24, 2.45) is 0 Å². The van der Waals surface area contributed by atoms with Crippen molar-refractivity contribution in [3.8, 4) is 22.7 Å². The van der Waals surface area contributed by atoms with Gasteiger partial charge in [0.2, 0.25) is 0 Å². The number of benzene rings is 2. The fourth-order valence-electron chi connectivity index (χ4n) is 4.60. The van der Waals surface area contributed by atoms with Gasteiger partial charge in [-0.1, -0.05) is 6.07 Å². The molecule has 0 saturated carbocycles. The molecular weight excluding hydrogens is 457 g/mol. The molecule has 36 heavy (non-hydrogen) atoms. The third kappa shape index (κ3) is 4.30. The van der Waals surface area contributed by atoms with Crippen LogP contribution in [0.15, 0.2) is 55.0 Å². The molecular formula is C28H28FN5O2. The molecule has 0 spiro atoms. The Morgan fingerprint density at radius 1 is 1.17 bits per heavy atom. The van der Waals surface area contributed by atoms with Crippen LogP contribution in [0, 0.1) is 12.7 Å². The van der Waals surface area contributed by atoms with Crippen LogP contribution < -0.4 is 4.74 Å². The predicted octanol–water partition coefficient (Wildman–Crippen LogP) is 5.23. The van der Waals surface area contributed by atoms with E-state index in [4.69, 9.17) is 9.72 Å². The van der Waals surface area contributed by atoms with Crippen LogP contribution in [0.3, 0.4) is 0 Å². The first-order valence-electron chi connectivity index (χ1n) is 11.8. The van der Waals surface area contributed by atoms with Crippen molar-refractivity contribution in [2.75, 3.05) is 21.2 Å². The highest BCUT2D eigenvalue weighted by atomic mass is 19.1. The lowest BCUT2D eigenvalue weighted by molar-refractivity contribution is 0.0823. The van der Waals surface area contributed by atoms with Gasteiger partial charge < -0.3 is 18.8 Å². The molecule has 0 aliphatic carbocycles. The number of methoxy groups -OCH3 is 1. The third-order valence-electron chi connectivity index (χ3n) is 6.34. The highest BCUT2D eigenvalue weighted by molar-refractivity contribution is 5.99. The van der Waals surface area contributed by atoms with E-state index in [1.807, 2.05) is 35.9 Å². The Morgan fingerprint density at radius 3 is 2.61 bits per heavy atom. The second kappa shape index (κ2) is 9.45. The van der Waals surface area contributed by atoms with E-state index >= 15 is 0 Å². The summed E-state index contributed by atoms with van der Waals surface area (Å²) in [6, 6.07) is 12.3. The number of hydrogen-bond donors (Lipinski definition) is 0. The van der Waals surface area contributed by atoms with Crippen molar-refractivity contribution >= 4 is 17.6 Å². The monoisotopic (exact) mass is 485 g/mol. The highest BCUT2D eigenvalue weighted by Gasteiger charge is 2.28. The van der Waals surface area contributed by atoms with Gasteiger partial charge in [0.25, 0.3) is 5.91 Å². The van der Waals surface area contributed by atoms with Crippen molar-refractivity contribution in [2.45, 2.75) is 26.3 Å². The molecule has 3 heterocycles. The summed E-state index contributed by atoms with van der Waals surface area (Å²) in [4.78, 5) is 23.7. The quantitative estimate of drug-likeness (QED) is 0.388. The van der Waals surface area contributed by atoms with E-state index in [-0.39, 0.29) is 11.7 Å². The molecule has 1 amide bonds. The van der Waals surface area contributed by atoms with Crippen LogP contribution in [-0.2, 0) is 6.54 Å². The number of fused-ring (bicyclic) bond motifs is 1. The summed E-state index contributed by atoms with van der Waals surface area (Å²) >= 11 is 0. The maximum absolute atomic E-state index is 13.6. The van der Waals surface area contributed by atoms with Gasteiger partial charge in [0, 0.05) is 32.4 Å². The SMILES string of the molecule is COc1cc(C=C2CCCn3c2nc(C(=O)N(C)C)c3-c2ccc(F)cc2)ccc1-n1cnc(C)c1. The first-order chi connectivity index (χ1) is 17.4. The van der Waals surface area contributed by atoms with Crippen LogP contribution in [0.1, 0.15) is 40.4 Å². The second-order valence-electron chi connectivity index (χ2n) is 9.12. The molecule has 5 rings (SSSR count). The van der Waals surface area contributed by atoms with E-state index in [9.17, 15) is 9.18 Å². The molecule has 0 fully saturated rings. The molecule has 0 bridgehead atoms. The van der Waals surface area contributed by atoms with E-state index < -0.39 is 0 Å². The molecule has 1 aliphatic rings. The fraction of sp³-hybridized carbons (Fsp3) is 0.250. The van der Waals surface area contributed by atoms with Crippen LogP contribution >= 0.6 is 0 Å². The minimum absolute atomic E-state index is 0.183. The van der Waals surface area contributed by atoms with Gasteiger partial charge in [0.1, 0.15) is 17.4 Å². The highest BCUT2D eigenvalue weighted by Crippen LogP contribution is 2.36. The molecule has 0 N–H and O–H groups in total. The zero-order valence-electron chi connectivity index (χ0n) is 20.8. The van der Waals surface area contributed by atoms with Gasteiger partial charge in [-0.3, -0.25) is 4.79 Å². The average Bonchev–Trinajstić information content (AvgIpc) is 3.48. The molecule has 7 nitrogen and oxygen atoms in total. The number of aryl methyl sites for hydroxylation is 1. The number of amides is 1. The summed E-state index contributed by atoms with van der Waals surface area (Å²) in [6.07, 6.45) is 7.56. The van der Waals surface area contributed by atoms with Gasteiger partial charge in [0.05, 0.1) is 30.5 Å². The topological polar surface area (TPSA) is 65.2 Å². The minimum Gasteiger partial charge on any atom is -0.495 e. The summed E-state index contributed by atoms with van der Waals surface area (Å²) in [5, 5.41) is 0. The molecule has 0 radical (unpaired) electrons. The van der Waals surface area contributed by atoms with Crippen LogP contribution in [0.25, 0.3) is 28.6 Å². The van der Waals surface area contributed by atoms with Crippen LogP contribution in [0.5, 0.6) is 5.75 Å². The number of imidazole rings is 2. The van der Waals surface area contributed by atoms with E-state index in [1.54, 1.807) is 39.7 Å². The van der Waals surface area contributed by atoms with Gasteiger partial charge in [0.15, 0.2) is 5.69 Å². The van der Waals surface area contributed by atoms with E-state index in [1.165, 1.54) is 17.0 Å². The Balaban J connectivity index is 1.60. The number of nitrogens with zero attached hydrogens (tertiary/aromatic N) is 5. The first-order valence-corrected chi connectivity index (χ1v) is 11.8. The summed E-state index contributed by atoms with van der Waals surface area (Å²) < 4.78 is 23.3. The lowest BCUT2D eigenvalue weighted by atomic mass is 10.0. The predicted molar refractivity (Wildman–Crippen MR) is 138 cm³/mol. The zero-order chi connectivity index (χ0) is 25.4. The molecule has 4 aromatic rings. The molecule has 8 heteroatoms. The first kappa shape index (κ1) is 23.5. The molecule has 0 unspecified atom stereocenters. The Hall–Kier alpha value is -4.20. The largest absolute Gasteiger partial charge is 0.495 e. The third-order valence-corrected chi connectivity index (χ3v) is 6.34. The van der Waals surface area contributed by atoms with Gasteiger partial charge >= 0.3 is 0 Å². The van der Waals surface area contributed by atoms with Crippen molar-refractivity contribution in [1.82, 2.24) is 24.0 Å². The second-order valence-corrected chi connectivity index (χ2v) is 9.12. The molecule has 0 saturated heterocycles. The van der Waals surface area contributed by atoms with E-state index in [0.717, 1.165) is 64.7 Å². The molecule has 184 valence electrons. The number of ether oxygens (including phenoxy) is 1. The minimum atomic E-state index is -0.318. The van der Waals surface area contributed by atoms with Crippen LogP contribution in [0.4, 0.5) is 4.39 Å². The lowest BCUT2D eigenvalue weighted by Gasteiger charge is -2.20. The Kier molecular flexibility index (Phi) is 6.18. The number of carbonyl (C=O) groups is 1. The van der Waals surface area contributed by atoms with Crippen LogP contribution in [0.2, 0.25) is 0 Å². The van der Waals surface area contributed by atoms with E-state index in [2.05, 4.69) is 15.6 Å². The van der Waals surface area contributed by atoms with Crippen molar-refractivity contribution in [3.63, 3.8) is 0 Å². The fourth-order valence-corrected chi connectivity index (χ4v) is 4.60. The maximum atomic E-state index is 13.6. The molecule has 0 atom stereocenters. The standard InChI is InChI=1S/C28H28FN5O2/c1-18-16-33(17-30-18)23-12-7-19(15-24(23)36-4)14-21-6-5-13-34-26(20-8-10-22(29)11-9-20)25(31-27(21)34)28(35)32(2)3/h7-12,14-17H,5-6,13H2,1-4H3. The van der Waals surface area contributed by atoms with Gasteiger partial charge in [-0.25, -0.2) is 14.4 Å². The number of rotatable bonds is 5. The van der Waals surface area contributed by atoms with Crippen LogP contribution in [-0.4, -0.2) is 51.1 Å². The molecule has 2 aromatic heterocycles. The molecule has 1 aliphatic heterocycles. The summed E-state index contributed by atoms with van der Waals surface area (Å²) in [5.41, 5.74) is 5.71. The van der Waals surface area contributed by atoms with E-state index in [0.29, 0.717) is 5.69 Å². The number of aromatic nitrogens is 4. The number of carbonyl (C=O) groups excluding carboxylic acids is 1. The van der Waals surface area contributed by atoms with Crippen molar-refractivity contribution in [1.29, 1.82) is 0 Å². The molecule has 2 aromatic carbocycles. The van der Waals surface area contributed by atoms with Crippen molar-refractivity contribution < 1.29 is 13.9 Å². The summed E-state index contributed by atoms with van der Waals surface area (Å²) in [6.45, 7) is 2.68. The summed E-state index contributed by atoms with van der Waals surface area (Å²) in [7, 11) is 5.07. The lowest BCUT2D eigenvalue weighted by Crippen LogP contribution is -2.23. The smallest absolute Gasteiger partial charge is 0.274 e. The number of hydrogen-bond acceptors (Lipinski definition) is 4. The van der Waals surface area contributed by atoms with Crippen molar-refractivity contribution in [3.05, 3.63) is 83.6 Å². The average molecular weight is 486 g/mol. The van der Waals surface area contributed by atoms with Gasteiger partial charge in [-0.05, 0) is 73.4 Å².